The third-order valence-corrected chi connectivity index (χ3v) is 4.59. The van der Waals surface area contributed by atoms with Crippen LogP contribution in [0.4, 0.5) is 0 Å². The second kappa shape index (κ2) is 7.98. The van der Waals surface area contributed by atoms with E-state index in [1.807, 2.05) is 18.7 Å². The van der Waals surface area contributed by atoms with Crippen LogP contribution >= 0.6 is 11.8 Å². The number of rotatable bonds is 9. The number of carboxylic acid groups (broad SMARTS) is 1. The zero-order chi connectivity index (χ0) is 13.5. The summed E-state index contributed by atoms with van der Waals surface area (Å²) in [5, 5.41) is 12.7. The SMILES string of the molecule is CCNC(C)(CC(C)SCC(C)CC)C(=O)O. The standard InChI is InChI=1S/C13H27NO2S/c1-6-10(3)9-17-11(4)8-13(5,12(15)16)14-7-2/h10-11,14H,6-9H2,1-5H3,(H,15,16). The molecule has 0 fully saturated rings. The molecule has 3 nitrogen and oxygen atoms in total. The van der Waals surface area contributed by atoms with E-state index in [0.717, 1.165) is 5.75 Å². The summed E-state index contributed by atoms with van der Waals surface area (Å²) in [6.07, 6.45) is 1.85. The van der Waals surface area contributed by atoms with Gasteiger partial charge in [0.2, 0.25) is 0 Å². The molecule has 0 bridgehead atoms. The maximum atomic E-state index is 11.3. The first-order valence-electron chi connectivity index (χ1n) is 6.45. The average molecular weight is 261 g/mol. The zero-order valence-corrected chi connectivity index (χ0v) is 12.6. The molecule has 2 N–H and O–H groups in total. The van der Waals surface area contributed by atoms with Gasteiger partial charge in [0.25, 0.3) is 0 Å². The first-order chi connectivity index (χ1) is 7.85. The van der Waals surface area contributed by atoms with Crippen LogP contribution in [0.3, 0.4) is 0 Å². The van der Waals surface area contributed by atoms with Crippen molar-refractivity contribution < 1.29 is 9.90 Å². The topological polar surface area (TPSA) is 49.3 Å². The molecule has 0 amide bonds. The van der Waals surface area contributed by atoms with Gasteiger partial charge in [-0.3, -0.25) is 4.79 Å². The fourth-order valence-corrected chi connectivity index (χ4v) is 3.05. The van der Waals surface area contributed by atoms with Crippen LogP contribution < -0.4 is 5.32 Å². The van der Waals surface area contributed by atoms with Gasteiger partial charge >= 0.3 is 5.97 Å². The Labute approximate surface area is 110 Å². The van der Waals surface area contributed by atoms with Crippen LogP contribution in [0.25, 0.3) is 0 Å². The summed E-state index contributed by atoms with van der Waals surface area (Å²) in [5.41, 5.74) is -0.795. The summed E-state index contributed by atoms with van der Waals surface area (Å²) < 4.78 is 0. The van der Waals surface area contributed by atoms with Gasteiger partial charge in [-0.05, 0) is 31.6 Å². The van der Waals surface area contributed by atoms with Crippen molar-refractivity contribution in [2.45, 2.75) is 58.2 Å². The monoisotopic (exact) mass is 261 g/mol. The van der Waals surface area contributed by atoms with E-state index in [1.54, 1.807) is 6.92 Å². The molecule has 0 aliphatic rings. The van der Waals surface area contributed by atoms with Gasteiger partial charge in [0.1, 0.15) is 5.54 Å². The Morgan fingerprint density at radius 1 is 1.41 bits per heavy atom. The third kappa shape index (κ3) is 6.32. The van der Waals surface area contributed by atoms with Gasteiger partial charge in [-0.1, -0.05) is 34.1 Å². The van der Waals surface area contributed by atoms with Crippen molar-refractivity contribution in [3.8, 4) is 0 Å². The van der Waals surface area contributed by atoms with E-state index in [-0.39, 0.29) is 0 Å². The van der Waals surface area contributed by atoms with Crippen molar-refractivity contribution in [3.05, 3.63) is 0 Å². The number of aliphatic carboxylic acids is 1. The second-order valence-electron chi connectivity index (χ2n) is 5.03. The first kappa shape index (κ1) is 16.8. The molecule has 0 aliphatic carbocycles. The Balaban J connectivity index is 4.22. The van der Waals surface area contributed by atoms with Crippen molar-refractivity contribution in [1.82, 2.24) is 5.32 Å². The van der Waals surface area contributed by atoms with Gasteiger partial charge in [0, 0.05) is 5.25 Å². The number of likely N-dealkylation sites (N-methyl/N-ethyl adjacent to an activating group) is 1. The van der Waals surface area contributed by atoms with Crippen molar-refractivity contribution in [2.24, 2.45) is 5.92 Å². The van der Waals surface area contributed by atoms with Crippen molar-refractivity contribution in [3.63, 3.8) is 0 Å². The molecule has 0 aromatic rings. The molecule has 0 saturated heterocycles. The summed E-state index contributed by atoms with van der Waals surface area (Å²) in [7, 11) is 0. The molecule has 0 aliphatic heterocycles. The van der Waals surface area contributed by atoms with Crippen LogP contribution in [0, 0.1) is 5.92 Å². The minimum Gasteiger partial charge on any atom is -0.480 e. The largest absolute Gasteiger partial charge is 0.480 e. The number of nitrogens with one attached hydrogen (secondary N) is 1. The highest BCUT2D eigenvalue weighted by molar-refractivity contribution is 7.99. The van der Waals surface area contributed by atoms with Crippen molar-refractivity contribution >= 4 is 17.7 Å². The summed E-state index contributed by atoms with van der Waals surface area (Å²) >= 11 is 1.88. The van der Waals surface area contributed by atoms with Gasteiger partial charge in [0.15, 0.2) is 0 Å². The fourth-order valence-electron chi connectivity index (χ4n) is 1.71. The quantitative estimate of drug-likeness (QED) is 0.670. The number of carboxylic acids is 1. The van der Waals surface area contributed by atoms with Gasteiger partial charge in [-0.25, -0.2) is 0 Å². The summed E-state index contributed by atoms with van der Waals surface area (Å²) in [4.78, 5) is 11.3. The lowest BCUT2D eigenvalue weighted by atomic mass is 9.96. The highest BCUT2D eigenvalue weighted by atomic mass is 32.2. The molecule has 0 saturated carbocycles. The van der Waals surface area contributed by atoms with Crippen LogP contribution in [-0.4, -0.2) is 34.2 Å². The van der Waals surface area contributed by atoms with Crippen molar-refractivity contribution in [1.29, 1.82) is 0 Å². The average Bonchev–Trinajstić information content (AvgIpc) is 2.25. The van der Waals surface area contributed by atoms with Crippen LogP contribution in [-0.2, 0) is 4.79 Å². The Morgan fingerprint density at radius 2 is 2.00 bits per heavy atom. The molecule has 0 radical (unpaired) electrons. The summed E-state index contributed by atoms with van der Waals surface area (Å²) in [6.45, 7) is 10.9. The van der Waals surface area contributed by atoms with Crippen LogP contribution in [0.2, 0.25) is 0 Å². The van der Waals surface area contributed by atoms with E-state index < -0.39 is 11.5 Å². The van der Waals surface area contributed by atoms with Crippen molar-refractivity contribution in [2.75, 3.05) is 12.3 Å². The van der Waals surface area contributed by atoms with E-state index in [4.69, 9.17) is 0 Å². The number of carbonyl (C=O) groups is 1. The maximum Gasteiger partial charge on any atom is 0.323 e. The zero-order valence-electron chi connectivity index (χ0n) is 11.7. The van der Waals surface area contributed by atoms with Crippen LogP contribution in [0.1, 0.15) is 47.5 Å². The molecule has 0 spiro atoms. The van der Waals surface area contributed by atoms with E-state index in [1.165, 1.54) is 6.42 Å². The third-order valence-electron chi connectivity index (χ3n) is 3.10. The predicted octanol–water partition coefficient (Wildman–Crippen LogP) is 3.00. The highest BCUT2D eigenvalue weighted by Gasteiger charge is 2.33. The van der Waals surface area contributed by atoms with Gasteiger partial charge in [-0.15, -0.1) is 0 Å². The molecule has 3 atom stereocenters. The predicted molar refractivity (Wildman–Crippen MR) is 75.7 cm³/mol. The Hall–Kier alpha value is -0.220. The molecule has 102 valence electrons. The Bertz CT molecular complexity index is 235. The first-order valence-corrected chi connectivity index (χ1v) is 7.50. The smallest absolute Gasteiger partial charge is 0.323 e. The number of thioether (sulfide) groups is 1. The molecule has 0 rings (SSSR count). The van der Waals surface area contributed by atoms with Gasteiger partial charge in [-0.2, -0.15) is 11.8 Å². The molecule has 3 unspecified atom stereocenters. The summed E-state index contributed by atoms with van der Waals surface area (Å²) in [6, 6.07) is 0. The summed E-state index contributed by atoms with van der Waals surface area (Å²) in [5.74, 6) is 1.06. The van der Waals surface area contributed by atoms with E-state index in [0.29, 0.717) is 24.1 Å². The molecule has 4 heteroatoms. The molecule has 0 heterocycles. The second-order valence-corrected chi connectivity index (χ2v) is 6.50. The molecular formula is C13H27NO2S. The highest BCUT2D eigenvalue weighted by Crippen LogP contribution is 2.24. The lowest BCUT2D eigenvalue weighted by Gasteiger charge is -2.29. The molecular weight excluding hydrogens is 234 g/mol. The van der Waals surface area contributed by atoms with E-state index in [2.05, 4.69) is 26.1 Å². The maximum absolute atomic E-state index is 11.3. The fraction of sp³-hybridized carbons (Fsp3) is 0.923. The lowest BCUT2D eigenvalue weighted by molar-refractivity contribution is -0.144. The molecule has 17 heavy (non-hydrogen) atoms. The molecule has 0 aromatic carbocycles. The molecule has 0 aromatic heterocycles. The van der Waals surface area contributed by atoms with Crippen LogP contribution in [0.15, 0.2) is 0 Å². The number of hydrogen-bond acceptors (Lipinski definition) is 3. The number of hydrogen-bond donors (Lipinski definition) is 2. The normalized spacial score (nSPS) is 18.4. The van der Waals surface area contributed by atoms with E-state index in [9.17, 15) is 9.90 Å². The van der Waals surface area contributed by atoms with Gasteiger partial charge in [0.05, 0.1) is 0 Å². The Kier molecular flexibility index (Phi) is 7.88. The van der Waals surface area contributed by atoms with E-state index >= 15 is 0 Å². The van der Waals surface area contributed by atoms with Gasteiger partial charge < -0.3 is 10.4 Å². The minimum absolute atomic E-state index is 0.365. The Morgan fingerprint density at radius 3 is 2.41 bits per heavy atom. The minimum atomic E-state index is -0.795. The van der Waals surface area contributed by atoms with Crippen LogP contribution in [0.5, 0.6) is 0 Å². The lowest BCUT2D eigenvalue weighted by Crippen LogP contribution is -2.50.